The molecule has 4 rings (SSSR count). The summed E-state index contributed by atoms with van der Waals surface area (Å²) in [5, 5.41) is 13.3. The fraction of sp³-hybridized carbons (Fsp3) is 0.318. The second-order valence-corrected chi connectivity index (χ2v) is 8.23. The van der Waals surface area contributed by atoms with E-state index in [4.69, 9.17) is 0 Å². The zero-order chi connectivity index (χ0) is 19.2. The van der Waals surface area contributed by atoms with E-state index >= 15 is 0 Å². The van der Waals surface area contributed by atoms with Crippen molar-refractivity contribution in [2.24, 2.45) is 5.92 Å². The van der Waals surface area contributed by atoms with Gasteiger partial charge in [0.25, 0.3) is 0 Å². The maximum absolute atomic E-state index is 12.1. The molecule has 0 spiro atoms. The molecule has 0 radical (unpaired) electrons. The molecule has 0 aliphatic carbocycles. The molecule has 144 valence electrons. The van der Waals surface area contributed by atoms with Crippen LogP contribution in [0.15, 0.2) is 60.0 Å². The predicted molar refractivity (Wildman–Crippen MR) is 114 cm³/mol. The van der Waals surface area contributed by atoms with E-state index in [9.17, 15) is 4.79 Å². The van der Waals surface area contributed by atoms with Crippen LogP contribution in [0, 0.1) is 5.92 Å². The fourth-order valence-corrected chi connectivity index (χ4v) is 4.34. The predicted octanol–water partition coefficient (Wildman–Crippen LogP) is 4.18. The molecule has 1 aliphatic heterocycles. The average molecular weight is 393 g/mol. The number of nitrogens with zero attached hydrogens (tertiary/aromatic N) is 3. The van der Waals surface area contributed by atoms with E-state index in [1.54, 1.807) is 11.3 Å². The molecule has 1 N–H and O–H groups in total. The van der Waals surface area contributed by atoms with E-state index in [2.05, 4.69) is 50.7 Å². The minimum Gasteiger partial charge on any atom is -0.355 e. The summed E-state index contributed by atoms with van der Waals surface area (Å²) in [6.45, 7) is 1.99. The lowest BCUT2D eigenvalue weighted by atomic mass is 9.90. The van der Waals surface area contributed by atoms with Gasteiger partial charge in [-0.1, -0.05) is 36.4 Å². The number of hydrogen-bond acceptors (Lipinski definition) is 5. The summed E-state index contributed by atoms with van der Waals surface area (Å²) in [5.74, 6) is 2.05. The van der Waals surface area contributed by atoms with Gasteiger partial charge < -0.3 is 10.2 Å². The largest absolute Gasteiger partial charge is 0.355 e. The van der Waals surface area contributed by atoms with Gasteiger partial charge in [-0.15, -0.1) is 21.5 Å². The summed E-state index contributed by atoms with van der Waals surface area (Å²) in [6, 6.07) is 18.4. The molecule has 0 bridgehead atoms. The molecule has 1 fully saturated rings. The first-order chi connectivity index (χ1) is 13.8. The van der Waals surface area contributed by atoms with Crippen molar-refractivity contribution in [3.05, 3.63) is 70.4 Å². The monoisotopic (exact) mass is 392 g/mol. The van der Waals surface area contributed by atoms with Crippen LogP contribution in [0.5, 0.6) is 0 Å². The lowest BCUT2D eigenvalue weighted by Gasteiger charge is -2.32. The van der Waals surface area contributed by atoms with Crippen molar-refractivity contribution in [2.45, 2.75) is 25.7 Å². The third-order valence-electron chi connectivity index (χ3n) is 5.14. The number of carbonyl (C=O) groups is 1. The highest BCUT2D eigenvalue weighted by atomic mass is 32.1. The van der Waals surface area contributed by atoms with Crippen molar-refractivity contribution >= 4 is 28.9 Å². The summed E-state index contributed by atoms with van der Waals surface area (Å²) >= 11 is 1.58. The molecule has 28 heavy (non-hydrogen) atoms. The molecule has 1 aliphatic rings. The summed E-state index contributed by atoms with van der Waals surface area (Å²) in [5.41, 5.74) is 1.42. The summed E-state index contributed by atoms with van der Waals surface area (Å²) in [7, 11) is 0. The highest BCUT2D eigenvalue weighted by Gasteiger charge is 2.20. The van der Waals surface area contributed by atoms with Gasteiger partial charge in [0.2, 0.25) is 5.91 Å². The van der Waals surface area contributed by atoms with Crippen LogP contribution in [0.2, 0.25) is 0 Å². The van der Waals surface area contributed by atoms with Gasteiger partial charge in [0.15, 0.2) is 11.6 Å². The number of piperidine rings is 1. The quantitative estimate of drug-likeness (QED) is 0.684. The summed E-state index contributed by atoms with van der Waals surface area (Å²) < 4.78 is 0. The summed E-state index contributed by atoms with van der Waals surface area (Å²) in [4.78, 5) is 15.4. The second kappa shape index (κ2) is 8.97. The molecule has 1 aromatic carbocycles. The minimum absolute atomic E-state index is 0.0637. The lowest BCUT2D eigenvalue weighted by molar-refractivity contribution is -0.115. The fourth-order valence-electron chi connectivity index (χ4n) is 3.63. The number of nitrogens with one attached hydrogen (secondary N) is 1. The standard InChI is InChI=1S/C22H24N4OS/c27-22(16-19-7-4-14-28-19)23-20-8-9-21(25-24-20)26-12-10-18(11-13-26)15-17-5-2-1-3-6-17/h1-9,14,18H,10-13,15-16H2,(H,23,24,27). The van der Waals surface area contributed by atoms with Gasteiger partial charge in [0.1, 0.15) is 0 Å². The molecule has 0 atom stereocenters. The third-order valence-corrected chi connectivity index (χ3v) is 6.01. The van der Waals surface area contributed by atoms with Crippen molar-refractivity contribution in [1.82, 2.24) is 10.2 Å². The van der Waals surface area contributed by atoms with Gasteiger partial charge >= 0.3 is 0 Å². The zero-order valence-corrected chi connectivity index (χ0v) is 16.6. The molecule has 1 saturated heterocycles. The lowest BCUT2D eigenvalue weighted by Crippen LogP contribution is -2.35. The van der Waals surface area contributed by atoms with Crippen LogP contribution in [0.1, 0.15) is 23.3 Å². The van der Waals surface area contributed by atoms with Gasteiger partial charge in [0.05, 0.1) is 6.42 Å². The molecule has 2 aromatic heterocycles. The maximum atomic E-state index is 12.1. The van der Waals surface area contributed by atoms with Crippen LogP contribution in [-0.2, 0) is 17.6 Å². The number of benzene rings is 1. The second-order valence-electron chi connectivity index (χ2n) is 7.20. The first-order valence-electron chi connectivity index (χ1n) is 9.71. The Bertz CT molecular complexity index is 873. The van der Waals surface area contributed by atoms with E-state index in [0.717, 1.165) is 49.0 Å². The van der Waals surface area contributed by atoms with Crippen molar-refractivity contribution in [1.29, 1.82) is 0 Å². The summed E-state index contributed by atoms with van der Waals surface area (Å²) in [6.07, 6.45) is 3.84. The maximum Gasteiger partial charge on any atom is 0.230 e. The Balaban J connectivity index is 1.27. The van der Waals surface area contributed by atoms with E-state index < -0.39 is 0 Å². The Hall–Kier alpha value is -2.73. The van der Waals surface area contributed by atoms with Crippen LogP contribution < -0.4 is 10.2 Å². The van der Waals surface area contributed by atoms with Crippen molar-refractivity contribution in [2.75, 3.05) is 23.3 Å². The minimum atomic E-state index is -0.0637. The Morgan fingerprint density at radius 3 is 2.54 bits per heavy atom. The van der Waals surface area contributed by atoms with Crippen LogP contribution in [0.4, 0.5) is 11.6 Å². The normalized spacial score (nSPS) is 14.8. The number of anilines is 2. The van der Waals surface area contributed by atoms with E-state index in [-0.39, 0.29) is 5.91 Å². The zero-order valence-electron chi connectivity index (χ0n) is 15.8. The van der Waals surface area contributed by atoms with Gasteiger partial charge in [-0.25, -0.2) is 0 Å². The van der Waals surface area contributed by atoms with Crippen molar-refractivity contribution in [3.8, 4) is 0 Å². The van der Waals surface area contributed by atoms with Crippen LogP contribution in [0.25, 0.3) is 0 Å². The van der Waals surface area contributed by atoms with E-state index in [0.29, 0.717) is 12.2 Å². The molecular formula is C22H24N4OS. The first kappa shape index (κ1) is 18.6. The Kier molecular flexibility index (Phi) is 5.97. The molecule has 6 heteroatoms. The van der Waals surface area contributed by atoms with Crippen molar-refractivity contribution in [3.63, 3.8) is 0 Å². The highest BCUT2D eigenvalue weighted by molar-refractivity contribution is 7.10. The smallest absolute Gasteiger partial charge is 0.230 e. The molecule has 5 nitrogen and oxygen atoms in total. The Morgan fingerprint density at radius 1 is 1.04 bits per heavy atom. The number of rotatable bonds is 6. The van der Waals surface area contributed by atoms with Gasteiger partial charge in [-0.3, -0.25) is 4.79 Å². The number of aromatic nitrogens is 2. The average Bonchev–Trinajstić information content (AvgIpc) is 3.23. The number of amides is 1. The van der Waals surface area contributed by atoms with Gasteiger partial charge in [0, 0.05) is 18.0 Å². The number of hydrogen-bond donors (Lipinski definition) is 1. The highest BCUT2D eigenvalue weighted by Crippen LogP contribution is 2.24. The van der Waals surface area contributed by atoms with Gasteiger partial charge in [-0.05, 0) is 54.3 Å². The Labute approximate surface area is 169 Å². The first-order valence-corrected chi connectivity index (χ1v) is 10.6. The molecule has 0 unspecified atom stereocenters. The van der Waals surface area contributed by atoms with Gasteiger partial charge in [-0.2, -0.15) is 0 Å². The molecule has 1 amide bonds. The molecule has 3 aromatic rings. The number of carbonyl (C=O) groups excluding carboxylic acids is 1. The van der Waals surface area contributed by atoms with Crippen molar-refractivity contribution < 1.29 is 4.79 Å². The van der Waals surface area contributed by atoms with Crippen LogP contribution >= 0.6 is 11.3 Å². The van der Waals surface area contributed by atoms with Crippen LogP contribution in [-0.4, -0.2) is 29.2 Å². The molecule has 3 heterocycles. The number of thiophene rings is 1. The third kappa shape index (κ3) is 4.95. The van der Waals surface area contributed by atoms with Crippen LogP contribution in [0.3, 0.4) is 0 Å². The van der Waals surface area contributed by atoms with E-state index in [1.165, 1.54) is 5.56 Å². The SMILES string of the molecule is O=C(Cc1cccs1)Nc1ccc(N2CCC(Cc3ccccc3)CC2)nn1. The molecular weight excluding hydrogens is 368 g/mol. The topological polar surface area (TPSA) is 58.1 Å². The molecule has 0 saturated carbocycles. The van der Waals surface area contributed by atoms with E-state index in [1.807, 2.05) is 29.6 Å². The Morgan fingerprint density at radius 2 is 1.86 bits per heavy atom.